The van der Waals surface area contributed by atoms with E-state index >= 15 is 0 Å². The monoisotopic (exact) mass is 249 g/mol. The van der Waals surface area contributed by atoms with Crippen LogP contribution in [0.3, 0.4) is 0 Å². The second kappa shape index (κ2) is 5.29. The zero-order valence-electron chi connectivity index (χ0n) is 9.64. The summed E-state index contributed by atoms with van der Waals surface area (Å²) in [6.07, 6.45) is 0.203. The molecule has 0 bridgehead atoms. The lowest BCUT2D eigenvalue weighted by molar-refractivity contribution is 0.0949. The van der Waals surface area contributed by atoms with Crippen molar-refractivity contribution in [1.82, 2.24) is 5.32 Å². The van der Waals surface area contributed by atoms with Crippen LogP contribution in [0.5, 0.6) is 0 Å². The minimum absolute atomic E-state index is 0.0631. The number of aliphatic hydroxyl groups excluding tert-OH is 1. The Morgan fingerprint density at radius 2 is 2.24 bits per heavy atom. The number of carbonyl (C=O) groups excluding carboxylic acids is 1. The van der Waals surface area contributed by atoms with Gasteiger partial charge in [0.25, 0.3) is 5.91 Å². The first-order valence-corrected chi connectivity index (χ1v) is 6.43. The number of aliphatic hydroxyl groups is 1. The Balaban J connectivity index is 2.04. The lowest BCUT2D eigenvalue weighted by Gasteiger charge is -2.04. The quantitative estimate of drug-likeness (QED) is 0.874. The number of rotatable bonds is 4. The average molecular weight is 249 g/mol. The highest BCUT2D eigenvalue weighted by molar-refractivity contribution is 7.20. The van der Waals surface area contributed by atoms with Crippen molar-refractivity contribution in [2.75, 3.05) is 6.54 Å². The van der Waals surface area contributed by atoms with Gasteiger partial charge in [0, 0.05) is 11.2 Å². The minimum Gasteiger partial charge on any atom is -0.393 e. The second-order valence-corrected chi connectivity index (χ2v) is 5.13. The van der Waals surface area contributed by atoms with E-state index in [2.05, 4.69) is 5.32 Å². The fraction of sp³-hybridized carbons (Fsp3) is 0.308. The van der Waals surface area contributed by atoms with Crippen LogP contribution in [-0.4, -0.2) is 23.7 Å². The van der Waals surface area contributed by atoms with Crippen molar-refractivity contribution in [3.63, 3.8) is 0 Å². The first kappa shape index (κ1) is 12.1. The van der Waals surface area contributed by atoms with Crippen LogP contribution >= 0.6 is 11.3 Å². The van der Waals surface area contributed by atoms with Gasteiger partial charge in [-0.2, -0.15) is 0 Å². The van der Waals surface area contributed by atoms with Crippen molar-refractivity contribution in [1.29, 1.82) is 0 Å². The zero-order chi connectivity index (χ0) is 12.3. The molecule has 1 unspecified atom stereocenters. The lowest BCUT2D eigenvalue weighted by atomic mass is 10.2. The van der Waals surface area contributed by atoms with Crippen molar-refractivity contribution >= 4 is 27.3 Å². The van der Waals surface area contributed by atoms with Crippen molar-refractivity contribution in [3.05, 3.63) is 35.2 Å². The summed E-state index contributed by atoms with van der Waals surface area (Å²) < 4.78 is 1.12. The molecule has 0 radical (unpaired) electrons. The van der Waals surface area contributed by atoms with Gasteiger partial charge >= 0.3 is 0 Å². The fourth-order valence-corrected chi connectivity index (χ4v) is 2.55. The molecule has 1 amide bonds. The van der Waals surface area contributed by atoms with Crippen molar-refractivity contribution in [3.8, 4) is 0 Å². The van der Waals surface area contributed by atoms with E-state index in [1.54, 1.807) is 6.92 Å². The van der Waals surface area contributed by atoms with Gasteiger partial charge in [0.2, 0.25) is 0 Å². The van der Waals surface area contributed by atoms with Gasteiger partial charge in [0.05, 0.1) is 11.0 Å². The topological polar surface area (TPSA) is 49.3 Å². The molecule has 0 aliphatic rings. The molecule has 17 heavy (non-hydrogen) atoms. The summed E-state index contributed by atoms with van der Waals surface area (Å²) in [5, 5.41) is 13.0. The predicted molar refractivity (Wildman–Crippen MR) is 70.5 cm³/mol. The smallest absolute Gasteiger partial charge is 0.261 e. The van der Waals surface area contributed by atoms with E-state index in [1.807, 2.05) is 30.3 Å². The Labute approximate surface area is 104 Å². The molecule has 1 aromatic heterocycles. The van der Waals surface area contributed by atoms with Crippen LogP contribution in [0, 0.1) is 0 Å². The number of benzene rings is 1. The van der Waals surface area contributed by atoms with E-state index in [0.29, 0.717) is 13.0 Å². The highest BCUT2D eigenvalue weighted by atomic mass is 32.1. The van der Waals surface area contributed by atoms with Crippen LogP contribution in [0.25, 0.3) is 10.1 Å². The van der Waals surface area contributed by atoms with Crippen molar-refractivity contribution < 1.29 is 9.90 Å². The van der Waals surface area contributed by atoms with E-state index in [-0.39, 0.29) is 12.0 Å². The summed E-state index contributed by atoms with van der Waals surface area (Å²) in [6, 6.07) is 9.83. The molecular formula is C13H15NO2S. The third kappa shape index (κ3) is 3.05. The van der Waals surface area contributed by atoms with Crippen LogP contribution in [0.2, 0.25) is 0 Å². The molecule has 0 spiro atoms. The minimum atomic E-state index is -0.377. The zero-order valence-corrected chi connectivity index (χ0v) is 10.5. The maximum atomic E-state index is 11.8. The summed E-state index contributed by atoms with van der Waals surface area (Å²) in [7, 11) is 0. The van der Waals surface area contributed by atoms with E-state index in [0.717, 1.165) is 15.0 Å². The lowest BCUT2D eigenvalue weighted by Crippen LogP contribution is -2.25. The number of hydrogen-bond donors (Lipinski definition) is 2. The van der Waals surface area contributed by atoms with E-state index in [4.69, 9.17) is 5.11 Å². The Morgan fingerprint density at radius 1 is 1.47 bits per heavy atom. The van der Waals surface area contributed by atoms with Gasteiger partial charge in [-0.25, -0.2) is 0 Å². The molecule has 0 saturated carbocycles. The third-order valence-electron chi connectivity index (χ3n) is 2.50. The van der Waals surface area contributed by atoms with Gasteiger partial charge in [-0.15, -0.1) is 11.3 Å². The molecule has 0 aliphatic heterocycles. The normalized spacial score (nSPS) is 12.6. The molecular weight excluding hydrogens is 234 g/mol. The second-order valence-electron chi connectivity index (χ2n) is 4.04. The Hall–Kier alpha value is -1.39. The van der Waals surface area contributed by atoms with Gasteiger partial charge in [0.15, 0.2) is 0 Å². The molecule has 1 aromatic carbocycles. The van der Waals surface area contributed by atoms with E-state index in [9.17, 15) is 4.79 Å². The molecule has 1 atom stereocenters. The number of hydrogen-bond acceptors (Lipinski definition) is 3. The summed E-state index contributed by atoms with van der Waals surface area (Å²) in [5.41, 5.74) is 0. The van der Waals surface area contributed by atoms with Crippen molar-refractivity contribution in [2.45, 2.75) is 19.4 Å². The van der Waals surface area contributed by atoms with Crippen LogP contribution in [0.4, 0.5) is 0 Å². The molecule has 2 aromatic rings. The molecule has 2 N–H and O–H groups in total. The van der Waals surface area contributed by atoms with Crippen LogP contribution < -0.4 is 5.32 Å². The van der Waals surface area contributed by atoms with E-state index < -0.39 is 0 Å². The molecule has 0 fully saturated rings. The summed E-state index contributed by atoms with van der Waals surface area (Å²) >= 11 is 1.49. The molecule has 1 heterocycles. The molecule has 90 valence electrons. The standard InChI is InChI=1S/C13H15NO2S/c1-9(15)6-7-14-13(16)12-8-10-4-2-3-5-11(10)17-12/h2-5,8-9,15H,6-7H2,1H3,(H,14,16). The van der Waals surface area contributed by atoms with Crippen molar-refractivity contribution in [2.24, 2.45) is 0 Å². The SMILES string of the molecule is CC(O)CCNC(=O)c1cc2ccccc2s1. The first-order valence-electron chi connectivity index (χ1n) is 5.61. The van der Waals surface area contributed by atoms with Crippen LogP contribution in [-0.2, 0) is 0 Å². The predicted octanol–water partition coefficient (Wildman–Crippen LogP) is 2.40. The summed E-state index contributed by atoms with van der Waals surface area (Å²) in [4.78, 5) is 12.5. The Kier molecular flexibility index (Phi) is 3.76. The van der Waals surface area contributed by atoms with E-state index in [1.165, 1.54) is 11.3 Å². The number of thiophene rings is 1. The molecule has 3 nitrogen and oxygen atoms in total. The van der Waals surface area contributed by atoms with Gasteiger partial charge in [-0.3, -0.25) is 4.79 Å². The third-order valence-corrected chi connectivity index (χ3v) is 3.61. The highest BCUT2D eigenvalue weighted by Gasteiger charge is 2.09. The maximum absolute atomic E-state index is 11.8. The molecule has 4 heteroatoms. The highest BCUT2D eigenvalue weighted by Crippen LogP contribution is 2.24. The largest absolute Gasteiger partial charge is 0.393 e. The fourth-order valence-electron chi connectivity index (χ4n) is 1.58. The number of fused-ring (bicyclic) bond motifs is 1. The average Bonchev–Trinajstić information content (AvgIpc) is 2.71. The van der Waals surface area contributed by atoms with Crippen LogP contribution in [0.15, 0.2) is 30.3 Å². The molecule has 0 aliphatic carbocycles. The molecule has 0 saturated heterocycles. The maximum Gasteiger partial charge on any atom is 0.261 e. The number of amides is 1. The Morgan fingerprint density at radius 3 is 2.94 bits per heavy atom. The molecule has 2 rings (SSSR count). The number of carbonyl (C=O) groups is 1. The van der Waals surface area contributed by atoms with Crippen LogP contribution in [0.1, 0.15) is 23.0 Å². The Bertz CT molecular complexity index is 486. The first-order chi connectivity index (χ1) is 8.16. The van der Waals surface area contributed by atoms with Gasteiger partial charge in [0.1, 0.15) is 0 Å². The van der Waals surface area contributed by atoms with Gasteiger partial charge in [-0.05, 0) is 30.9 Å². The van der Waals surface area contributed by atoms with Gasteiger partial charge in [-0.1, -0.05) is 18.2 Å². The van der Waals surface area contributed by atoms with Gasteiger partial charge < -0.3 is 10.4 Å². The number of nitrogens with one attached hydrogen (secondary N) is 1. The summed E-state index contributed by atoms with van der Waals surface area (Å²) in [6.45, 7) is 2.22. The summed E-state index contributed by atoms with van der Waals surface area (Å²) in [5.74, 6) is -0.0631.